The first-order chi connectivity index (χ1) is 10.5. The lowest BCUT2D eigenvalue weighted by atomic mass is 10.1. The van der Waals surface area contributed by atoms with E-state index in [4.69, 9.17) is 11.6 Å². The van der Waals surface area contributed by atoms with Gasteiger partial charge in [-0.25, -0.2) is 4.98 Å². The van der Waals surface area contributed by atoms with Gasteiger partial charge in [0.1, 0.15) is 11.9 Å². The molecule has 0 aliphatic heterocycles. The second-order valence-electron chi connectivity index (χ2n) is 5.47. The Hall–Kier alpha value is -1.85. The Morgan fingerprint density at radius 3 is 2.73 bits per heavy atom. The first-order valence-corrected chi connectivity index (χ1v) is 7.52. The molecule has 1 heterocycles. The summed E-state index contributed by atoms with van der Waals surface area (Å²) in [6, 6.07) is 7.15. The van der Waals surface area contributed by atoms with Crippen molar-refractivity contribution >= 4 is 17.5 Å². The van der Waals surface area contributed by atoms with Gasteiger partial charge in [0, 0.05) is 43.0 Å². The average molecular weight is 321 g/mol. The van der Waals surface area contributed by atoms with E-state index >= 15 is 0 Å². The van der Waals surface area contributed by atoms with Gasteiger partial charge in [-0.2, -0.15) is 0 Å². The summed E-state index contributed by atoms with van der Waals surface area (Å²) in [7, 11) is 5.79. The molecule has 0 aliphatic carbocycles. The Balaban J connectivity index is 2.26. The van der Waals surface area contributed by atoms with Gasteiger partial charge >= 0.3 is 0 Å². The second kappa shape index (κ2) is 7.42. The predicted octanol–water partition coefficient (Wildman–Crippen LogP) is 2.23. The molecule has 0 aliphatic rings. The molecule has 1 amide bonds. The van der Waals surface area contributed by atoms with Gasteiger partial charge in [0.2, 0.25) is 5.91 Å². The van der Waals surface area contributed by atoms with Crippen LogP contribution in [-0.4, -0.2) is 41.0 Å². The Labute approximate surface area is 135 Å². The SMILES string of the molecule is CN(C)CCC(=O)NC(c1ccccc1Cl)c1nccn1C. The van der Waals surface area contributed by atoms with Crippen molar-refractivity contribution in [3.63, 3.8) is 0 Å². The Morgan fingerprint density at radius 2 is 2.14 bits per heavy atom. The fraction of sp³-hybridized carbons (Fsp3) is 0.375. The third-order valence-corrected chi connectivity index (χ3v) is 3.77. The first kappa shape index (κ1) is 16.5. The van der Waals surface area contributed by atoms with Crippen molar-refractivity contribution in [3.05, 3.63) is 53.1 Å². The molecular formula is C16H21ClN4O. The molecule has 0 saturated carbocycles. The highest BCUT2D eigenvalue weighted by atomic mass is 35.5. The Kier molecular flexibility index (Phi) is 5.57. The van der Waals surface area contributed by atoms with Crippen LogP contribution in [0.15, 0.2) is 36.7 Å². The van der Waals surface area contributed by atoms with Crippen LogP contribution in [0.3, 0.4) is 0 Å². The van der Waals surface area contributed by atoms with Crippen LogP contribution in [0.2, 0.25) is 5.02 Å². The molecule has 0 fully saturated rings. The molecule has 5 nitrogen and oxygen atoms in total. The number of amides is 1. The van der Waals surface area contributed by atoms with Crippen LogP contribution in [-0.2, 0) is 11.8 Å². The minimum absolute atomic E-state index is 0.0263. The lowest BCUT2D eigenvalue weighted by molar-refractivity contribution is -0.121. The van der Waals surface area contributed by atoms with Crippen molar-refractivity contribution in [1.29, 1.82) is 0 Å². The van der Waals surface area contributed by atoms with Crippen molar-refractivity contribution < 1.29 is 4.79 Å². The predicted molar refractivity (Wildman–Crippen MR) is 87.8 cm³/mol. The molecule has 2 rings (SSSR count). The van der Waals surface area contributed by atoms with Gasteiger partial charge in [-0.05, 0) is 20.2 Å². The maximum atomic E-state index is 12.2. The highest BCUT2D eigenvalue weighted by molar-refractivity contribution is 6.31. The number of imidazole rings is 1. The van der Waals surface area contributed by atoms with Crippen molar-refractivity contribution in [1.82, 2.24) is 19.8 Å². The number of halogens is 1. The van der Waals surface area contributed by atoms with Crippen LogP contribution in [0.5, 0.6) is 0 Å². The number of aromatic nitrogens is 2. The zero-order chi connectivity index (χ0) is 16.1. The quantitative estimate of drug-likeness (QED) is 0.888. The largest absolute Gasteiger partial charge is 0.342 e. The van der Waals surface area contributed by atoms with Gasteiger partial charge in [0.05, 0.1) is 0 Å². The van der Waals surface area contributed by atoms with E-state index in [0.717, 1.165) is 11.4 Å². The van der Waals surface area contributed by atoms with Crippen LogP contribution >= 0.6 is 11.6 Å². The number of benzene rings is 1. The number of carbonyl (C=O) groups is 1. The monoisotopic (exact) mass is 320 g/mol. The molecule has 22 heavy (non-hydrogen) atoms. The molecule has 118 valence electrons. The minimum Gasteiger partial charge on any atom is -0.342 e. The smallest absolute Gasteiger partial charge is 0.222 e. The van der Waals surface area contributed by atoms with E-state index in [0.29, 0.717) is 18.0 Å². The second-order valence-corrected chi connectivity index (χ2v) is 5.88. The van der Waals surface area contributed by atoms with Gasteiger partial charge in [-0.1, -0.05) is 29.8 Å². The van der Waals surface area contributed by atoms with E-state index in [1.165, 1.54) is 0 Å². The third-order valence-electron chi connectivity index (χ3n) is 3.42. The third kappa shape index (κ3) is 4.08. The molecule has 0 saturated heterocycles. The molecule has 6 heteroatoms. The molecule has 1 aromatic heterocycles. The van der Waals surface area contributed by atoms with E-state index in [1.54, 1.807) is 6.20 Å². The minimum atomic E-state index is -0.358. The summed E-state index contributed by atoms with van der Waals surface area (Å²) in [6.07, 6.45) is 3.99. The van der Waals surface area contributed by atoms with Crippen LogP contribution in [0.1, 0.15) is 23.9 Å². The molecular weight excluding hydrogens is 300 g/mol. The van der Waals surface area contributed by atoms with Crippen LogP contribution in [0, 0.1) is 0 Å². The average Bonchev–Trinajstić information content (AvgIpc) is 2.89. The van der Waals surface area contributed by atoms with Gasteiger partial charge < -0.3 is 14.8 Å². The number of hydrogen-bond acceptors (Lipinski definition) is 3. The molecule has 0 radical (unpaired) electrons. The number of nitrogens with one attached hydrogen (secondary N) is 1. The normalized spacial score (nSPS) is 12.4. The van der Waals surface area contributed by atoms with Gasteiger partial charge in [-0.3, -0.25) is 4.79 Å². The zero-order valence-corrected chi connectivity index (χ0v) is 13.8. The standard InChI is InChI=1S/C16H21ClN4O/c1-20(2)10-8-14(22)19-15(16-18-9-11-21(16)3)12-6-4-5-7-13(12)17/h4-7,9,11,15H,8,10H2,1-3H3,(H,19,22). The number of rotatable bonds is 6. The van der Waals surface area contributed by atoms with Gasteiger partial charge in [0.25, 0.3) is 0 Å². The lowest BCUT2D eigenvalue weighted by Crippen LogP contribution is -2.33. The fourth-order valence-corrected chi connectivity index (χ4v) is 2.45. The molecule has 1 N–H and O–H groups in total. The maximum absolute atomic E-state index is 12.2. The molecule has 1 aromatic carbocycles. The number of nitrogens with zero attached hydrogens (tertiary/aromatic N) is 3. The molecule has 1 unspecified atom stereocenters. The summed E-state index contributed by atoms with van der Waals surface area (Å²) in [6.45, 7) is 0.696. The summed E-state index contributed by atoms with van der Waals surface area (Å²) >= 11 is 6.30. The van der Waals surface area contributed by atoms with Crippen LogP contribution in [0.4, 0.5) is 0 Å². The summed E-state index contributed by atoms with van der Waals surface area (Å²) < 4.78 is 1.89. The van der Waals surface area contributed by atoms with Gasteiger partial charge in [-0.15, -0.1) is 0 Å². The van der Waals surface area contributed by atoms with Crippen LogP contribution < -0.4 is 5.32 Å². The maximum Gasteiger partial charge on any atom is 0.222 e. The highest BCUT2D eigenvalue weighted by Crippen LogP contribution is 2.27. The summed E-state index contributed by atoms with van der Waals surface area (Å²) in [5, 5.41) is 3.65. The first-order valence-electron chi connectivity index (χ1n) is 7.14. The van der Waals surface area contributed by atoms with E-state index in [1.807, 2.05) is 61.1 Å². The van der Waals surface area contributed by atoms with E-state index in [9.17, 15) is 4.79 Å². The van der Waals surface area contributed by atoms with E-state index < -0.39 is 0 Å². The summed E-state index contributed by atoms with van der Waals surface area (Å²) in [4.78, 5) is 18.6. The van der Waals surface area contributed by atoms with Crippen molar-refractivity contribution in [2.75, 3.05) is 20.6 Å². The molecule has 0 bridgehead atoms. The van der Waals surface area contributed by atoms with Crippen LogP contribution in [0.25, 0.3) is 0 Å². The summed E-state index contributed by atoms with van der Waals surface area (Å²) in [5.41, 5.74) is 0.844. The van der Waals surface area contributed by atoms with Crippen molar-refractivity contribution in [2.24, 2.45) is 7.05 Å². The summed E-state index contributed by atoms with van der Waals surface area (Å²) in [5.74, 6) is 0.730. The molecule has 1 atom stereocenters. The highest BCUT2D eigenvalue weighted by Gasteiger charge is 2.22. The number of aryl methyl sites for hydroxylation is 1. The zero-order valence-electron chi connectivity index (χ0n) is 13.1. The Bertz CT molecular complexity index is 639. The lowest BCUT2D eigenvalue weighted by Gasteiger charge is -2.20. The van der Waals surface area contributed by atoms with Gasteiger partial charge in [0.15, 0.2) is 0 Å². The van der Waals surface area contributed by atoms with Crippen molar-refractivity contribution in [2.45, 2.75) is 12.5 Å². The molecule has 2 aromatic rings. The topological polar surface area (TPSA) is 50.2 Å². The van der Waals surface area contributed by atoms with E-state index in [2.05, 4.69) is 10.3 Å². The fourth-order valence-electron chi connectivity index (χ4n) is 2.20. The van der Waals surface area contributed by atoms with Crippen molar-refractivity contribution in [3.8, 4) is 0 Å². The number of carbonyl (C=O) groups excluding carboxylic acids is 1. The Morgan fingerprint density at radius 1 is 1.41 bits per heavy atom. The number of hydrogen-bond donors (Lipinski definition) is 1. The molecule has 0 spiro atoms. The van der Waals surface area contributed by atoms with E-state index in [-0.39, 0.29) is 11.9 Å².